The van der Waals surface area contributed by atoms with Gasteiger partial charge in [-0.1, -0.05) is 120 Å². The van der Waals surface area contributed by atoms with Crippen molar-refractivity contribution < 1.29 is 24.2 Å². The maximum Gasteiger partial charge on any atom is 0.306 e. The Kier molecular flexibility index (Phi) is 32.2. The minimum atomic E-state index is -0.803. The van der Waals surface area contributed by atoms with Gasteiger partial charge in [-0.15, -0.1) is 0 Å². The van der Waals surface area contributed by atoms with Gasteiger partial charge in [0.25, 0.3) is 0 Å². The van der Waals surface area contributed by atoms with Crippen molar-refractivity contribution in [2.45, 2.75) is 155 Å². The van der Waals surface area contributed by atoms with E-state index in [1.165, 1.54) is 64.2 Å². The van der Waals surface area contributed by atoms with Crippen LogP contribution in [0.4, 0.5) is 0 Å². The molecule has 0 radical (unpaired) electrons. The van der Waals surface area contributed by atoms with Crippen LogP contribution >= 0.6 is 0 Å². The van der Waals surface area contributed by atoms with Crippen LogP contribution in [0.2, 0.25) is 0 Å². The second-order valence-electron chi connectivity index (χ2n) is 11.2. The van der Waals surface area contributed by atoms with Crippen molar-refractivity contribution in [2.24, 2.45) is 0 Å². The van der Waals surface area contributed by atoms with Gasteiger partial charge in [-0.2, -0.15) is 0 Å². The molecule has 1 N–H and O–H groups in total. The van der Waals surface area contributed by atoms with Crippen molar-refractivity contribution in [3.8, 4) is 0 Å². The molecule has 0 saturated heterocycles. The first-order valence-electron chi connectivity index (χ1n) is 17.3. The summed E-state index contributed by atoms with van der Waals surface area (Å²) in [6, 6.07) is 0. The van der Waals surface area contributed by atoms with Crippen molar-refractivity contribution >= 4 is 11.9 Å². The van der Waals surface area contributed by atoms with Crippen LogP contribution in [0.15, 0.2) is 60.8 Å². The summed E-state index contributed by atoms with van der Waals surface area (Å²) >= 11 is 0. The molecule has 0 aliphatic rings. The molecule has 0 fully saturated rings. The summed E-state index contributed by atoms with van der Waals surface area (Å²) in [4.78, 5) is 24.1. The second-order valence-corrected chi connectivity index (χ2v) is 11.2. The van der Waals surface area contributed by atoms with Crippen LogP contribution in [0.1, 0.15) is 149 Å². The van der Waals surface area contributed by atoms with Gasteiger partial charge in [-0.25, -0.2) is 0 Å². The third-order valence-electron chi connectivity index (χ3n) is 7.03. The fourth-order valence-corrected chi connectivity index (χ4v) is 4.36. The maximum absolute atomic E-state index is 12.1. The Morgan fingerprint density at radius 3 is 1.49 bits per heavy atom. The van der Waals surface area contributed by atoms with E-state index in [1.807, 2.05) is 0 Å². The van der Waals surface area contributed by atoms with Gasteiger partial charge in [0.15, 0.2) is 6.10 Å². The fraction of sp³-hybridized carbons (Fsp3) is 0.684. The lowest BCUT2D eigenvalue weighted by Crippen LogP contribution is -2.28. The number of esters is 2. The van der Waals surface area contributed by atoms with Gasteiger partial charge >= 0.3 is 11.9 Å². The number of aliphatic hydroxyl groups is 1. The Bertz CT molecular complexity index is 777. The summed E-state index contributed by atoms with van der Waals surface area (Å²) in [5.41, 5.74) is 0. The van der Waals surface area contributed by atoms with E-state index in [1.54, 1.807) is 0 Å². The lowest BCUT2D eigenvalue weighted by Gasteiger charge is -2.15. The molecule has 0 unspecified atom stereocenters. The van der Waals surface area contributed by atoms with Gasteiger partial charge in [0, 0.05) is 12.8 Å². The zero-order valence-corrected chi connectivity index (χ0v) is 27.7. The van der Waals surface area contributed by atoms with Crippen LogP contribution < -0.4 is 0 Å². The average molecular weight is 601 g/mol. The van der Waals surface area contributed by atoms with E-state index < -0.39 is 6.10 Å². The molecule has 0 heterocycles. The van der Waals surface area contributed by atoms with Gasteiger partial charge in [-0.05, 0) is 77.0 Å². The highest BCUT2D eigenvalue weighted by Gasteiger charge is 2.15. The maximum atomic E-state index is 12.1. The summed E-state index contributed by atoms with van der Waals surface area (Å²) in [7, 11) is 0. The molecule has 5 heteroatoms. The van der Waals surface area contributed by atoms with Crippen molar-refractivity contribution in [1.29, 1.82) is 0 Å². The zero-order chi connectivity index (χ0) is 31.5. The molecule has 0 aliphatic carbocycles. The predicted octanol–water partition coefficient (Wildman–Crippen LogP) is 10.4. The number of hydrogen-bond acceptors (Lipinski definition) is 5. The highest BCUT2D eigenvalue weighted by molar-refractivity contribution is 5.70. The summed E-state index contributed by atoms with van der Waals surface area (Å²) < 4.78 is 10.5. The molecule has 1 atom stereocenters. The number of unbranched alkanes of at least 4 members (excludes halogenated alkanes) is 12. The lowest BCUT2D eigenvalue weighted by molar-refractivity contribution is -0.161. The van der Waals surface area contributed by atoms with E-state index in [0.717, 1.165) is 51.4 Å². The Balaban J connectivity index is 3.73. The van der Waals surface area contributed by atoms with Crippen LogP contribution in [0.25, 0.3) is 0 Å². The number of ether oxygens (including phenoxy) is 2. The van der Waals surface area contributed by atoms with E-state index in [2.05, 4.69) is 74.6 Å². The third kappa shape index (κ3) is 32.4. The van der Waals surface area contributed by atoms with Crippen LogP contribution in [0.3, 0.4) is 0 Å². The monoisotopic (exact) mass is 600 g/mol. The number of aliphatic hydroxyl groups excluding tert-OH is 1. The van der Waals surface area contributed by atoms with E-state index in [-0.39, 0.29) is 31.6 Å². The minimum Gasteiger partial charge on any atom is -0.462 e. The molecule has 0 aliphatic heterocycles. The van der Waals surface area contributed by atoms with E-state index in [0.29, 0.717) is 12.8 Å². The number of carbonyl (C=O) groups is 2. The van der Waals surface area contributed by atoms with Crippen molar-refractivity contribution in [3.63, 3.8) is 0 Å². The highest BCUT2D eigenvalue weighted by Crippen LogP contribution is 2.10. The fourth-order valence-electron chi connectivity index (χ4n) is 4.36. The Labute approximate surface area is 264 Å². The topological polar surface area (TPSA) is 72.8 Å². The number of rotatable bonds is 30. The van der Waals surface area contributed by atoms with Crippen LogP contribution in [-0.2, 0) is 19.1 Å². The molecule has 43 heavy (non-hydrogen) atoms. The predicted molar refractivity (Wildman–Crippen MR) is 182 cm³/mol. The molecule has 0 bridgehead atoms. The van der Waals surface area contributed by atoms with Gasteiger partial charge in [0.2, 0.25) is 0 Å². The summed E-state index contributed by atoms with van der Waals surface area (Å²) in [5, 5.41) is 9.50. The molecule has 0 spiro atoms. The standard InChI is InChI=1S/C38H64O5/c1-3-5-7-9-11-13-15-17-18-19-20-21-23-25-27-29-31-33-38(41)43-36(34-39)35-42-37(40)32-30-28-26-24-22-16-14-12-10-8-6-4-2/h11-14,17-18,20-21,25,27,36,39H,3-10,15-16,19,22-24,26,28-35H2,1-2H3/b13-11+,14-12+,18-17+,21-20+,27-25+/t36-/m0/s1. The van der Waals surface area contributed by atoms with E-state index >= 15 is 0 Å². The SMILES string of the molecule is CCCCC/C=C/C/C=C/C/C=C/C/C=C/CCCC(=O)O[C@@H](CO)COC(=O)CCCCCCC/C=C/CCCCC. The van der Waals surface area contributed by atoms with Gasteiger partial charge in [0.1, 0.15) is 6.61 Å². The number of allylic oxidation sites excluding steroid dienone is 10. The molecular formula is C38H64O5. The molecule has 0 aromatic rings. The molecule has 0 aromatic heterocycles. The second kappa shape index (κ2) is 34.1. The van der Waals surface area contributed by atoms with Crippen LogP contribution in [-0.4, -0.2) is 36.4 Å². The normalized spacial score (nSPS) is 12.9. The zero-order valence-electron chi connectivity index (χ0n) is 27.7. The largest absolute Gasteiger partial charge is 0.462 e. The molecule has 0 aromatic carbocycles. The van der Waals surface area contributed by atoms with Gasteiger partial charge < -0.3 is 14.6 Å². The average Bonchev–Trinajstić information content (AvgIpc) is 3.01. The van der Waals surface area contributed by atoms with Gasteiger partial charge in [-0.3, -0.25) is 9.59 Å². The Hall–Kier alpha value is -2.40. The first-order chi connectivity index (χ1) is 21.1. The quantitative estimate of drug-likeness (QED) is 0.0504. The first kappa shape index (κ1) is 40.6. The van der Waals surface area contributed by atoms with E-state index in [9.17, 15) is 14.7 Å². The van der Waals surface area contributed by atoms with Crippen LogP contribution in [0.5, 0.6) is 0 Å². The molecule has 5 nitrogen and oxygen atoms in total. The van der Waals surface area contributed by atoms with Crippen molar-refractivity contribution in [1.82, 2.24) is 0 Å². The smallest absolute Gasteiger partial charge is 0.306 e. The molecule has 0 rings (SSSR count). The molecule has 0 amide bonds. The molecule has 246 valence electrons. The van der Waals surface area contributed by atoms with E-state index in [4.69, 9.17) is 9.47 Å². The molecule has 0 saturated carbocycles. The minimum absolute atomic E-state index is 0.0944. The Morgan fingerprint density at radius 2 is 0.953 bits per heavy atom. The van der Waals surface area contributed by atoms with Crippen molar-refractivity contribution in [2.75, 3.05) is 13.2 Å². The lowest BCUT2D eigenvalue weighted by atomic mass is 10.1. The Morgan fingerprint density at radius 1 is 0.535 bits per heavy atom. The number of hydrogen-bond donors (Lipinski definition) is 1. The third-order valence-corrected chi connectivity index (χ3v) is 7.03. The van der Waals surface area contributed by atoms with Gasteiger partial charge in [0.05, 0.1) is 6.61 Å². The first-order valence-corrected chi connectivity index (χ1v) is 17.3. The highest BCUT2D eigenvalue weighted by atomic mass is 16.6. The molecular weight excluding hydrogens is 536 g/mol. The number of carbonyl (C=O) groups excluding carboxylic acids is 2. The van der Waals surface area contributed by atoms with Crippen LogP contribution in [0, 0.1) is 0 Å². The summed E-state index contributed by atoms with van der Waals surface area (Å²) in [6.45, 7) is 4.00. The van der Waals surface area contributed by atoms with Crippen molar-refractivity contribution in [3.05, 3.63) is 60.8 Å². The summed E-state index contributed by atoms with van der Waals surface area (Å²) in [6.07, 6.45) is 42.7. The summed E-state index contributed by atoms with van der Waals surface area (Å²) in [5.74, 6) is -0.674.